The molecule has 2 aromatic heterocycles. The Morgan fingerprint density at radius 2 is 1.81 bits per heavy atom. The van der Waals surface area contributed by atoms with E-state index in [1.54, 1.807) is 0 Å². The Morgan fingerprint density at radius 3 is 2.56 bits per heavy atom. The Kier molecular flexibility index (Phi) is 6.16. The molecule has 0 aliphatic heterocycles. The first-order valence-electron chi connectivity index (χ1n) is 8.73. The highest BCUT2D eigenvalue weighted by Gasteiger charge is 2.15. The lowest BCUT2D eigenvalue weighted by atomic mass is 10.1. The summed E-state index contributed by atoms with van der Waals surface area (Å²) in [4.78, 5) is 4.54. The number of aromatic nitrogens is 2. The lowest BCUT2D eigenvalue weighted by Crippen LogP contribution is -2.31. The van der Waals surface area contributed by atoms with Gasteiger partial charge in [0.15, 0.2) is 0 Å². The van der Waals surface area contributed by atoms with Crippen LogP contribution in [-0.2, 0) is 28.9 Å². The topological polar surface area (TPSA) is 75.5 Å². The molecule has 0 saturated heterocycles. The van der Waals surface area contributed by atoms with Crippen molar-refractivity contribution in [1.29, 1.82) is 0 Å². The van der Waals surface area contributed by atoms with Crippen molar-refractivity contribution in [3.05, 3.63) is 70.6 Å². The average molecular weight is 407 g/mol. The molecule has 2 N–H and O–H groups in total. The van der Waals surface area contributed by atoms with Crippen LogP contribution in [0.2, 0.25) is 5.02 Å². The number of hydrogen-bond acceptors (Lipinski definition) is 4. The molecule has 0 fully saturated rings. The number of pyridine rings is 1. The van der Waals surface area contributed by atoms with Gasteiger partial charge >= 0.3 is 0 Å². The van der Waals surface area contributed by atoms with E-state index in [1.807, 2.05) is 67.0 Å². The quantitative estimate of drug-likeness (QED) is 0.602. The zero-order valence-electron chi connectivity index (χ0n) is 15.3. The summed E-state index contributed by atoms with van der Waals surface area (Å²) in [6.45, 7) is 4.76. The number of hydrogen-bond donors (Lipinski definition) is 2. The van der Waals surface area contributed by atoms with Crippen LogP contribution in [0.15, 0.2) is 48.8 Å². The third-order valence-corrected chi connectivity index (χ3v) is 5.71. The van der Waals surface area contributed by atoms with Gasteiger partial charge in [-0.3, -0.25) is 0 Å². The minimum absolute atomic E-state index is 0.0318. The predicted octanol–water partition coefficient (Wildman–Crippen LogP) is 3.11. The molecular formula is C19H23ClN4O2S. The van der Waals surface area contributed by atoms with Crippen molar-refractivity contribution in [2.24, 2.45) is 0 Å². The highest BCUT2D eigenvalue weighted by Crippen LogP contribution is 2.14. The van der Waals surface area contributed by atoms with Gasteiger partial charge in [-0.2, -0.15) is 0 Å². The lowest BCUT2D eigenvalue weighted by Gasteiger charge is -2.13. The van der Waals surface area contributed by atoms with Gasteiger partial charge in [-0.05, 0) is 37.1 Å². The van der Waals surface area contributed by atoms with E-state index in [9.17, 15) is 8.42 Å². The molecule has 0 amide bonds. The maximum absolute atomic E-state index is 12.2. The van der Waals surface area contributed by atoms with Gasteiger partial charge in [-0.25, -0.2) is 18.1 Å². The van der Waals surface area contributed by atoms with Crippen LogP contribution in [0, 0.1) is 0 Å². The summed E-state index contributed by atoms with van der Waals surface area (Å²) in [7, 11) is -3.36. The second kappa shape index (κ2) is 8.39. The van der Waals surface area contributed by atoms with Crippen molar-refractivity contribution >= 4 is 27.3 Å². The van der Waals surface area contributed by atoms with Gasteiger partial charge in [0.05, 0.1) is 16.5 Å². The number of nitrogens with zero attached hydrogens (tertiary/aromatic N) is 2. The first-order chi connectivity index (χ1) is 12.8. The van der Waals surface area contributed by atoms with Crippen LogP contribution in [0.25, 0.3) is 5.65 Å². The highest BCUT2D eigenvalue weighted by molar-refractivity contribution is 7.88. The summed E-state index contributed by atoms with van der Waals surface area (Å²) < 4.78 is 29.0. The summed E-state index contributed by atoms with van der Waals surface area (Å²) in [5, 5.41) is 3.99. The highest BCUT2D eigenvalue weighted by atomic mass is 35.5. The Balaban J connectivity index is 1.65. The zero-order chi connectivity index (χ0) is 19.4. The fourth-order valence-corrected chi connectivity index (χ4v) is 4.56. The monoisotopic (exact) mass is 406 g/mol. The Hall–Kier alpha value is -1.93. The lowest BCUT2D eigenvalue weighted by molar-refractivity contribution is 0.568. The van der Waals surface area contributed by atoms with Crippen molar-refractivity contribution in [2.75, 3.05) is 0 Å². The number of halogens is 1. The molecular weight excluding hydrogens is 384 g/mol. The minimum atomic E-state index is -3.36. The molecule has 6 nitrogen and oxygen atoms in total. The van der Waals surface area contributed by atoms with Crippen LogP contribution in [0.4, 0.5) is 0 Å². The third-order valence-electron chi connectivity index (χ3n) is 3.97. The van der Waals surface area contributed by atoms with E-state index in [2.05, 4.69) is 15.0 Å². The summed E-state index contributed by atoms with van der Waals surface area (Å²) >= 11 is 6.00. The van der Waals surface area contributed by atoms with Crippen LogP contribution >= 0.6 is 11.6 Å². The third kappa shape index (κ3) is 5.52. The number of nitrogens with one attached hydrogen (secondary N) is 2. The van der Waals surface area contributed by atoms with E-state index in [0.717, 1.165) is 22.5 Å². The second-order valence-electron chi connectivity index (χ2n) is 6.75. The van der Waals surface area contributed by atoms with Crippen molar-refractivity contribution < 1.29 is 8.42 Å². The van der Waals surface area contributed by atoms with Crippen molar-refractivity contribution in [3.63, 3.8) is 0 Å². The normalized spacial score (nSPS) is 12.1. The van der Waals surface area contributed by atoms with Gasteiger partial charge in [-0.1, -0.05) is 35.9 Å². The number of rotatable bonds is 8. The van der Waals surface area contributed by atoms with Crippen molar-refractivity contribution in [1.82, 2.24) is 19.4 Å². The van der Waals surface area contributed by atoms with Gasteiger partial charge < -0.3 is 9.72 Å². The van der Waals surface area contributed by atoms with E-state index >= 15 is 0 Å². The fourth-order valence-electron chi connectivity index (χ4n) is 2.90. The molecule has 3 rings (SSSR count). The largest absolute Gasteiger partial charge is 0.307 e. The fraction of sp³-hybridized carbons (Fsp3) is 0.316. The maximum atomic E-state index is 12.2. The Bertz CT molecular complexity index is 1030. The van der Waals surface area contributed by atoms with Crippen LogP contribution in [0.1, 0.15) is 30.7 Å². The molecule has 1 aromatic carbocycles. The predicted molar refractivity (Wildman–Crippen MR) is 108 cm³/mol. The molecule has 0 unspecified atom stereocenters. The number of fused-ring (bicyclic) bond motifs is 1. The van der Waals surface area contributed by atoms with E-state index in [4.69, 9.17) is 11.6 Å². The zero-order valence-corrected chi connectivity index (χ0v) is 16.9. The molecule has 3 aromatic rings. The van der Waals surface area contributed by atoms with Gasteiger partial charge in [0.25, 0.3) is 0 Å². The average Bonchev–Trinajstić information content (AvgIpc) is 2.96. The molecule has 0 bridgehead atoms. The molecule has 2 heterocycles. The number of benzene rings is 1. The summed E-state index contributed by atoms with van der Waals surface area (Å²) in [5.41, 5.74) is 3.48. The molecule has 27 heavy (non-hydrogen) atoms. The second-order valence-corrected chi connectivity index (χ2v) is 8.94. The number of sulfonamides is 1. The van der Waals surface area contributed by atoms with E-state index < -0.39 is 10.0 Å². The van der Waals surface area contributed by atoms with Crippen molar-refractivity contribution in [3.8, 4) is 0 Å². The maximum Gasteiger partial charge on any atom is 0.216 e. The molecule has 0 atom stereocenters. The summed E-state index contributed by atoms with van der Waals surface area (Å²) in [6, 6.07) is 11.1. The molecule has 0 aliphatic rings. The van der Waals surface area contributed by atoms with Crippen LogP contribution < -0.4 is 10.0 Å². The molecule has 144 valence electrons. The smallest absolute Gasteiger partial charge is 0.216 e. The molecule has 0 spiro atoms. The standard InChI is InChI=1S/C19H23ClN4O2S/c1-14(2)23-27(25,26)13-16-6-4-3-5-15(16)9-21-10-18-12-24-11-17(20)7-8-19(24)22-18/h3-8,11-12,14,21,23H,9-10,13H2,1-2H3. The minimum Gasteiger partial charge on any atom is -0.307 e. The first kappa shape index (κ1) is 19.8. The molecule has 0 aliphatic carbocycles. The van der Waals surface area contributed by atoms with Crippen LogP contribution in [0.5, 0.6) is 0 Å². The van der Waals surface area contributed by atoms with Gasteiger partial charge in [0.2, 0.25) is 10.0 Å². The van der Waals surface area contributed by atoms with Crippen LogP contribution in [0.3, 0.4) is 0 Å². The Labute approximate surface area is 164 Å². The SMILES string of the molecule is CC(C)NS(=O)(=O)Cc1ccccc1CNCc1cn2cc(Cl)ccc2n1. The van der Waals surface area contributed by atoms with Crippen molar-refractivity contribution in [2.45, 2.75) is 38.7 Å². The van der Waals surface area contributed by atoms with Crippen LogP contribution in [-0.4, -0.2) is 23.8 Å². The molecule has 0 radical (unpaired) electrons. The van der Waals surface area contributed by atoms with E-state index in [1.165, 1.54) is 0 Å². The van der Waals surface area contributed by atoms with Gasteiger partial charge in [0, 0.05) is 31.5 Å². The summed E-state index contributed by atoms with van der Waals surface area (Å²) in [6.07, 6.45) is 3.74. The first-order valence-corrected chi connectivity index (χ1v) is 10.8. The van der Waals surface area contributed by atoms with E-state index in [0.29, 0.717) is 18.1 Å². The van der Waals surface area contributed by atoms with Gasteiger partial charge in [-0.15, -0.1) is 0 Å². The molecule has 0 saturated carbocycles. The summed E-state index contributed by atoms with van der Waals surface area (Å²) in [5.74, 6) is -0.0318. The van der Waals surface area contributed by atoms with E-state index in [-0.39, 0.29) is 11.8 Å². The molecule has 8 heteroatoms. The van der Waals surface area contributed by atoms with Gasteiger partial charge in [0.1, 0.15) is 5.65 Å². The number of imidazole rings is 1. The Morgan fingerprint density at radius 1 is 1.07 bits per heavy atom.